The first kappa shape index (κ1) is 17.6. The van der Waals surface area contributed by atoms with E-state index < -0.39 is 0 Å². The molecule has 0 fully saturated rings. The first-order valence-corrected chi connectivity index (χ1v) is 9.07. The van der Waals surface area contributed by atoms with Gasteiger partial charge in [-0.2, -0.15) is 0 Å². The summed E-state index contributed by atoms with van der Waals surface area (Å²) in [5.41, 5.74) is 3.01. The molecular weight excluding hydrogens is 338 g/mol. The summed E-state index contributed by atoms with van der Waals surface area (Å²) in [4.78, 5) is 26.1. The Morgan fingerprint density at radius 2 is 2.00 bits per heavy atom. The minimum absolute atomic E-state index is 0.235. The molecule has 1 heterocycles. The Morgan fingerprint density at radius 3 is 2.76 bits per heavy atom. The van der Waals surface area contributed by atoms with Gasteiger partial charge in [-0.1, -0.05) is 12.1 Å². The lowest BCUT2D eigenvalue weighted by Crippen LogP contribution is -2.15. The van der Waals surface area contributed by atoms with Gasteiger partial charge in [0, 0.05) is 17.6 Å². The Kier molecular flexibility index (Phi) is 5.50. The monoisotopic (exact) mass is 359 g/mol. The predicted molar refractivity (Wildman–Crippen MR) is 97.4 cm³/mol. The number of benzene rings is 1. The highest BCUT2D eigenvalue weighted by molar-refractivity contribution is 7.17. The number of rotatable bonds is 5. The molecule has 0 atom stereocenters. The van der Waals surface area contributed by atoms with E-state index in [-0.39, 0.29) is 11.9 Å². The number of nitrogens with one attached hydrogen (secondary N) is 1. The largest absolute Gasteiger partial charge is 0.465 e. The molecule has 0 radical (unpaired) electrons. The molecule has 1 N–H and O–H groups in total. The molecule has 25 heavy (non-hydrogen) atoms. The number of aryl methyl sites for hydroxylation is 1. The third kappa shape index (κ3) is 3.75. The lowest BCUT2D eigenvalue weighted by atomic mass is 9.95. The number of thiophene rings is 1. The molecule has 1 aromatic heterocycles. The number of amides is 1. The van der Waals surface area contributed by atoms with Gasteiger partial charge in [0.15, 0.2) is 0 Å². The van der Waals surface area contributed by atoms with Crippen LogP contribution in [-0.4, -0.2) is 26.1 Å². The maximum absolute atomic E-state index is 12.6. The molecule has 0 unspecified atom stereocenters. The van der Waals surface area contributed by atoms with Crippen molar-refractivity contribution in [3.63, 3.8) is 0 Å². The van der Waals surface area contributed by atoms with Gasteiger partial charge in [0.1, 0.15) is 5.00 Å². The molecule has 5 nitrogen and oxygen atoms in total. The number of ether oxygens (including phenoxy) is 2. The quantitative estimate of drug-likeness (QED) is 0.825. The number of carbonyl (C=O) groups excluding carboxylic acids is 2. The van der Waals surface area contributed by atoms with E-state index in [1.807, 2.05) is 12.1 Å². The molecule has 0 saturated heterocycles. The van der Waals surface area contributed by atoms with Crippen LogP contribution in [0.3, 0.4) is 0 Å². The van der Waals surface area contributed by atoms with Crippen molar-refractivity contribution in [2.45, 2.75) is 32.3 Å². The van der Waals surface area contributed by atoms with Gasteiger partial charge >= 0.3 is 5.97 Å². The molecule has 1 aromatic carbocycles. The topological polar surface area (TPSA) is 64.6 Å². The van der Waals surface area contributed by atoms with Crippen LogP contribution in [0.5, 0.6) is 0 Å². The number of fused-ring (bicyclic) bond motifs is 1. The standard InChI is InChI=1S/C19H21NO4S/c1-23-11-12-6-5-7-13(10-12)17(21)20-18-16(19(22)24-2)14-8-3-4-9-15(14)25-18/h5-7,10H,3-4,8-9,11H2,1-2H3,(H,20,21). The maximum Gasteiger partial charge on any atom is 0.341 e. The molecule has 6 heteroatoms. The molecule has 1 amide bonds. The molecule has 0 aliphatic heterocycles. The van der Waals surface area contributed by atoms with Crippen molar-refractivity contribution in [1.29, 1.82) is 0 Å². The summed E-state index contributed by atoms with van der Waals surface area (Å²) in [7, 11) is 2.99. The Morgan fingerprint density at radius 1 is 1.20 bits per heavy atom. The highest BCUT2D eigenvalue weighted by atomic mass is 32.1. The van der Waals surface area contributed by atoms with Gasteiger partial charge in [-0.3, -0.25) is 4.79 Å². The molecule has 2 aromatic rings. The lowest BCUT2D eigenvalue weighted by Gasteiger charge is -2.11. The summed E-state index contributed by atoms with van der Waals surface area (Å²) in [6, 6.07) is 7.28. The van der Waals surface area contributed by atoms with Gasteiger partial charge in [-0.05, 0) is 48.9 Å². The van der Waals surface area contributed by atoms with Gasteiger partial charge < -0.3 is 14.8 Å². The van der Waals surface area contributed by atoms with Gasteiger partial charge in [0.05, 0.1) is 19.3 Å². The Labute approximate surface area is 151 Å². The number of carbonyl (C=O) groups is 2. The summed E-state index contributed by atoms with van der Waals surface area (Å²) in [5, 5.41) is 3.49. The van der Waals surface area contributed by atoms with E-state index in [2.05, 4.69) is 5.32 Å². The second kappa shape index (κ2) is 7.80. The highest BCUT2D eigenvalue weighted by Gasteiger charge is 2.27. The van der Waals surface area contributed by atoms with Crippen LogP contribution in [0.15, 0.2) is 24.3 Å². The van der Waals surface area contributed by atoms with E-state index >= 15 is 0 Å². The average Bonchev–Trinajstić information content (AvgIpc) is 2.99. The van der Waals surface area contributed by atoms with Crippen LogP contribution in [-0.2, 0) is 28.9 Å². The number of hydrogen-bond acceptors (Lipinski definition) is 5. The zero-order chi connectivity index (χ0) is 17.8. The average molecular weight is 359 g/mol. The SMILES string of the molecule is COCc1cccc(C(=O)Nc2sc3c(c2C(=O)OC)CCCC3)c1. The smallest absolute Gasteiger partial charge is 0.341 e. The van der Waals surface area contributed by atoms with Crippen molar-refractivity contribution in [2.75, 3.05) is 19.5 Å². The fourth-order valence-electron chi connectivity index (χ4n) is 3.12. The zero-order valence-corrected chi connectivity index (χ0v) is 15.2. The normalized spacial score (nSPS) is 13.2. The van der Waals surface area contributed by atoms with Crippen LogP contribution < -0.4 is 5.32 Å². The Bertz CT molecular complexity index is 797. The van der Waals surface area contributed by atoms with E-state index in [0.29, 0.717) is 22.7 Å². The maximum atomic E-state index is 12.6. The van der Waals surface area contributed by atoms with Crippen molar-refractivity contribution in [1.82, 2.24) is 0 Å². The van der Waals surface area contributed by atoms with Crippen molar-refractivity contribution >= 4 is 28.2 Å². The van der Waals surface area contributed by atoms with Crippen molar-refractivity contribution < 1.29 is 19.1 Å². The first-order valence-electron chi connectivity index (χ1n) is 8.26. The summed E-state index contributed by atoms with van der Waals surface area (Å²) < 4.78 is 10.0. The van der Waals surface area contributed by atoms with E-state index in [9.17, 15) is 9.59 Å². The minimum Gasteiger partial charge on any atom is -0.465 e. The van der Waals surface area contributed by atoms with Crippen molar-refractivity contribution in [3.8, 4) is 0 Å². The summed E-state index contributed by atoms with van der Waals surface area (Å²) in [6.07, 6.45) is 3.97. The third-order valence-corrected chi connectivity index (χ3v) is 5.50. The van der Waals surface area contributed by atoms with E-state index in [0.717, 1.165) is 36.8 Å². The van der Waals surface area contributed by atoms with E-state index in [1.54, 1.807) is 19.2 Å². The highest BCUT2D eigenvalue weighted by Crippen LogP contribution is 2.38. The van der Waals surface area contributed by atoms with Crippen LogP contribution in [0.1, 0.15) is 49.6 Å². The van der Waals surface area contributed by atoms with Gasteiger partial charge in [-0.25, -0.2) is 4.79 Å². The molecule has 0 saturated carbocycles. The molecule has 3 rings (SSSR count). The zero-order valence-electron chi connectivity index (χ0n) is 14.4. The van der Waals surface area contributed by atoms with Crippen LogP contribution in [0.25, 0.3) is 0 Å². The number of esters is 1. The summed E-state index contributed by atoms with van der Waals surface area (Å²) in [5.74, 6) is -0.621. The van der Waals surface area contributed by atoms with Crippen LogP contribution in [0, 0.1) is 0 Å². The summed E-state index contributed by atoms with van der Waals surface area (Å²) in [6.45, 7) is 0.446. The number of hydrogen-bond donors (Lipinski definition) is 1. The second-order valence-corrected chi connectivity index (χ2v) is 7.10. The fourth-order valence-corrected chi connectivity index (χ4v) is 4.39. The number of anilines is 1. The number of methoxy groups -OCH3 is 2. The first-order chi connectivity index (χ1) is 12.1. The fraction of sp³-hybridized carbons (Fsp3) is 0.368. The van der Waals surface area contributed by atoms with Crippen molar-refractivity contribution in [2.24, 2.45) is 0 Å². The Balaban J connectivity index is 1.89. The lowest BCUT2D eigenvalue weighted by molar-refractivity contribution is 0.0601. The molecule has 1 aliphatic rings. The third-order valence-electron chi connectivity index (χ3n) is 4.29. The predicted octanol–water partition coefficient (Wildman–Crippen LogP) is 3.81. The summed E-state index contributed by atoms with van der Waals surface area (Å²) >= 11 is 1.49. The van der Waals surface area contributed by atoms with Crippen molar-refractivity contribution in [3.05, 3.63) is 51.4 Å². The Hall–Kier alpha value is -2.18. The van der Waals surface area contributed by atoms with E-state index in [1.165, 1.54) is 23.3 Å². The van der Waals surface area contributed by atoms with Crippen LogP contribution in [0.2, 0.25) is 0 Å². The molecule has 0 spiro atoms. The van der Waals surface area contributed by atoms with Gasteiger partial charge in [0.25, 0.3) is 5.91 Å². The second-order valence-electron chi connectivity index (χ2n) is 5.99. The van der Waals surface area contributed by atoms with Crippen LogP contribution in [0.4, 0.5) is 5.00 Å². The minimum atomic E-state index is -0.386. The molecule has 132 valence electrons. The molecular formula is C19H21NO4S. The van der Waals surface area contributed by atoms with Gasteiger partial charge in [0.2, 0.25) is 0 Å². The van der Waals surface area contributed by atoms with Crippen LogP contribution >= 0.6 is 11.3 Å². The van der Waals surface area contributed by atoms with Gasteiger partial charge in [-0.15, -0.1) is 11.3 Å². The molecule has 1 aliphatic carbocycles. The molecule has 0 bridgehead atoms. The van der Waals surface area contributed by atoms with E-state index in [4.69, 9.17) is 9.47 Å².